The molecule has 0 spiro atoms. The standard InChI is InChI=1S/C26H38F2N2O/c1-3-4-5-6-7-8-9-10-11-12-13-22-19-29-26(30-20-22)23-14-15-25(24(28)18-23)31-17-16-21(2)27/h14-15,18-21H,3-13,16-17H2,1-2H3. The Kier molecular flexibility index (Phi) is 12.1. The zero-order valence-corrected chi connectivity index (χ0v) is 19.2. The summed E-state index contributed by atoms with van der Waals surface area (Å²) < 4.78 is 32.4. The van der Waals surface area contributed by atoms with Crippen LogP contribution in [0.5, 0.6) is 5.75 Å². The number of aryl methyl sites for hydroxylation is 1. The van der Waals surface area contributed by atoms with Gasteiger partial charge in [0.05, 0.1) is 6.61 Å². The Morgan fingerprint density at radius 3 is 2.10 bits per heavy atom. The lowest BCUT2D eigenvalue weighted by Gasteiger charge is -2.09. The molecule has 1 aromatic carbocycles. The quantitative estimate of drug-likeness (QED) is 0.253. The van der Waals surface area contributed by atoms with Crippen molar-refractivity contribution in [2.45, 2.75) is 97.1 Å². The van der Waals surface area contributed by atoms with Crippen LogP contribution in [0.25, 0.3) is 11.4 Å². The van der Waals surface area contributed by atoms with Gasteiger partial charge in [-0.25, -0.2) is 18.7 Å². The van der Waals surface area contributed by atoms with Crippen LogP contribution in [0, 0.1) is 5.82 Å². The van der Waals surface area contributed by atoms with E-state index in [0.29, 0.717) is 11.4 Å². The Balaban J connectivity index is 1.69. The third-order valence-electron chi connectivity index (χ3n) is 5.49. The van der Waals surface area contributed by atoms with Crippen molar-refractivity contribution >= 4 is 0 Å². The molecule has 1 heterocycles. The monoisotopic (exact) mass is 432 g/mol. The Labute approximate surface area is 186 Å². The van der Waals surface area contributed by atoms with Crippen LogP contribution in [0.4, 0.5) is 8.78 Å². The fourth-order valence-corrected chi connectivity index (χ4v) is 3.54. The molecule has 31 heavy (non-hydrogen) atoms. The van der Waals surface area contributed by atoms with Gasteiger partial charge in [-0.3, -0.25) is 0 Å². The molecule has 1 aromatic heterocycles. The van der Waals surface area contributed by atoms with Crippen molar-refractivity contribution in [2.75, 3.05) is 6.61 Å². The van der Waals surface area contributed by atoms with Gasteiger partial charge in [-0.05, 0) is 43.5 Å². The molecule has 1 unspecified atom stereocenters. The minimum atomic E-state index is -0.963. The van der Waals surface area contributed by atoms with Crippen LogP contribution in [0.15, 0.2) is 30.6 Å². The number of ether oxygens (including phenoxy) is 1. The lowest BCUT2D eigenvalue weighted by molar-refractivity contribution is 0.240. The molecule has 2 aromatic rings. The summed E-state index contributed by atoms with van der Waals surface area (Å²) in [6.45, 7) is 3.86. The Bertz CT molecular complexity index is 735. The summed E-state index contributed by atoms with van der Waals surface area (Å²) in [4.78, 5) is 8.80. The predicted octanol–water partition coefficient (Wildman–Crippen LogP) is 7.87. The Hall–Kier alpha value is -2.04. The maximum Gasteiger partial charge on any atom is 0.165 e. The number of aromatic nitrogens is 2. The molecular formula is C26H38F2N2O. The van der Waals surface area contributed by atoms with Crippen LogP contribution in [-0.2, 0) is 6.42 Å². The van der Waals surface area contributed by atoms with Gasteiger partial charge < -0.3 is 4.74 Å². The predicted molar refractivity (Wildman–Crippen MR) is 124 cm³/mol. The van der Waals surface area contributed by atoms with Gasteiger partial charge in [-0.1, -0.05) is 64.7 Å². The Morgan fingerprint density at radius 1 is 0.903 bits per heavy atom. The molecule has 0 aliphatic rings. The normalized spacial score (nSPS) is 12.1. The van der Waals surface area contributed by atoms with Crippen LogP contribution in [0.3, 0.4) is 0 Å². The van der Waals surface area contributed by atoms with Crippen molar-refractivity contribution in [3.8, 4) is 17.1 Å². The second kappa shape index (κ2) is 14.9. The summed E-state index contributed by atoms with van der Waals surface area (Å²) in [5.74, 6) is 0.138. The molecule has 0 aliphatic heterocycles. The fourth-order valence-electron chi connectivity index (χ4n) is 3.54. The highest BCUT2D eigenvalue weighted by atomic mass is 19.1. The van der Waals surface area contributed by atoms with Crippen molar-refractivity contribution in [3.63, 3.8) is 0 Å². The molecule has 0 N–H and O–H groups in total. The van der Waals surface area contributed by atoms with E-state index in [2.05, 4.69) is 16.9 Å². The van der Waals surface area contributed by atoms with Crippen LogP contribution < -0.4 is 4.74 Å². The van der Waals surface area contributed by atoms with E-state index in [9.17, 15) is 8.78 Å². The second-order valence-electron chi connectivity index (χ2n) is 8.41. The number of halogens is 2. The smallest absolute Gasteiger partial charge is 0.165 e. The highest BCUT2D eigenvalue weighted by Crippen LogP contribution is 2.24. The van der Waals surface area contributed by atoms with Gasteiger partial charge in [0.1, 0.15) is 6.17 Å². The highest BCUT2D eigenvalue weighted by molar-refractivity contribution is 5.56. The van der Waals surface area contributed by atoms with E-state index in [0.717, 1.165) is 18.4 Å². The third-order valence-corrected chi connectivity index (χ3v) is 5.49. The van der Waals surface area contributed by atoms with E-state index in [1.807, 2.05) is 12.4 Å². The minimum Gasteiger partial charge on any atom is -0.490 e. The molecule has 0 bridgehead atoms. The maximum atomic E-state index is 14.2. The largest absolute Gasteiger partial charge is 0.490 e. The molecule has 1 atom stereocenters. The second-order valence-corrected chi connectivity index (χ2v) is 8.41. The topological polar surface area (TPSA) is 35.0 Å². The number of unbranched alkanes of at least 4 members (excludes halogenated alkanes) is 9. The molecule has 0 saturated heterocycles. The molecule has 2 rings (SSSR count). The van der Waals surface area contributed by atoms with Crippen molar-refractivity contribution in [2.24, 2.45) is 0 Å². The summed E-state index contributed by atoms with van der Waals surface area (Å²) >= 11 is 0. The van der Waals surface area contributed by atoms with E-state index in [-0.39, 0.29) is 18.8 Å². The molecule has 0 aliphatic carbocycles. The van der Waals surface area contributed by atoms with E-state index in [4.69, 9.17) is 4.74 Å². The lowest BCUT2D eigenvalue weighted by atomic mass is 10.0. The van der Waals surface area contributed by atoms with Gasteiger partial charge >= 0.3 is 0 Å². The summed E-state index contributed by atoms with van der Waals surface area (Å²) in [5, 5.41) is 0. The molecule has 5 heteroatoms. The first-order valence-corrected chi connectivity index (χ1v) is 12.0. The van der Waals surface area contributed by atoms with Gasteiger partial charge in [-0.2, -0.15) is 0 Å². The first-order chi connectivity index (χ1) is 15.1. The fraction of sp³-hybridized carbons (Fsp3) is 0.615. The first kappa shape index (κ1) is 25.2. The van der Waals surface area contributed by atoms with Gasteiger partial charge in [0, 0.05) is 24.4 Å². The molecule has 0 saturated carbocycles. The van der Waals surface area contributed by atoms with Gasteiger partial charge in [-0.15, -0.1) is 0 Å². The average Bonchev–Trinajstić information content (AvgIpc) is 2.76. The average molecular weight is 433 g/mol. The number of benzene rings is 1. The summed E-state index contributed by atoms with van der Waals surface area (Å²) in [5.41, 5.74) is 1.72. The molecule has 3 nitrogen and oxygen atoms in total. The van der Waals surface area contributed by atoms with Crippen LogP contribution in [0.2, 0.25) is 0 Å². The van der Waals surface area contributed by atoms with Gasteiger partial charge in [0.25, 0.3) is 0 Å². The van der Waals surface area contributed by atoms with E-state index in [1.54, 1.807) is 12.1 Å². The Morgan fingerprint density at radius 2 is 1.52 bits per heavy atom. The van der Waals surface area contributed by atoms with E-state index in [1.165, 1.54) is 70.8 Å². The SMILES string of the molecule is CCCCCCCCCCCCc1cnc(-c2ccc(OCCC(C)F)c(F)c2)nc1. The van der Waals surface area contributed by atoms with Gasteiger partial charge in [0.2, 0.25) is 0 Å². The maximum absolute atomic E-state index is 14.2. The summed E-state index contributed by atoms with van der Waals surface area (Å²) in [7, 11) is 0. The number of rotatable bonds is 16. The van der Waals surface area contributed by atoms with Crippen LogP contribution in [0.1, 0.15) is 90.0 Å². The number of hydrogen-bond donors (Lipinski definition) is 0. The minimum absolute atomic E-state index is 0.127. The molecule has 0 fully saturated rings. The highest BCUT2D eigenvalue weighted by Gasteiger charge is 2.09. The van der Waals surface area contributed by atoms with Gasteiger partial charge in [0.15, 0.2) is 17.4 Å². The van der Waals surface area contributed by atoms with Crippen LogP contribution >= 0.6 is 0 Å². The molecule has 0 amide bonds. The molecule has 172 valence electrons. The number of nitrogens with zero attached hydrogens (tertiary/aromatic N) is 2. The van der Waals surface area contributed by atoms with E-state index < -0.39 is 12.0 Å². The summed E-state index contributed by atoms with van der Waals surface area (Å²) in [6.07, 6.45) is 17.1. The van der Waals surface area contributed by atoms with Crippen molar-refractivity contribution < 1.29 is 13.5 Å². The molecule has 0 radical (unpaired) electrons. The van der Waals surface area contributed by atoms with Crippen LogP contribution in [-0.4, -0.2) is 22.7 Å². The number of hydrogen-bond acceptors (Lipinski definition) is 3. The summed E-state index contributed by atoms with van der Waals surface area (Å²) in [6, 6.07) is 4.65. The van der Waals surface area contributed by atoms with Crippen molar-refractivity contribution in [1.82, 2.24) is 9.97 Å². The lowest BCUT2D eigenvalue weighted by Crippen LogP contribution is -2.05. The van der Waals surface area contributed by atoms with Crippen molar-refractivity contribution in [1.29, 1.82) is 0 Å². The molecular weight excluding hydrogens is 394 g/mol. The van der Waals surface area contributed by atoms with Crippen molar-refractivity contribution in [3.05, 3.63) is 42.0 Å². The number of alkyl halides is 1. The van der Waals surface area contributed by atoms with E-state index >= 15 is 0 Å². The zero-order valence-electron chi connectivity index (χ0n) is 19.2. The third kappa shape index (κ3) is 10.2. The zero-order chi connectivity index (χ0) is 22.3. The first-order valence-electron chi connectivity index (χ1n) is 12.0.